The summed E-state index contributed by atoms with van der Waals surface area (Å²) in [5.41, 5.74) is 0.363. The first-order valence-corrected chi connectivity index (χ1v) is 7.09. The van der Waals surface area contributed by atoms with Crippen molar-refractivity contribution in [3.8, 4) is 17.8 Å². The Morgan fingerprint density at radius 1 is 1.23 bits per heavy atom. The second kappa shape index (κ2) is 6.58. The van der Waals surface area contributed by atoms with Crippen molar-refractivity contribution in [3.05, 3.63) is 34.6 Å². The molecule has 0 unspecified atom stereocenters. The third kappa shape index (κ3) is 3.62. The first kappa shape index (κ1) is 16.0. The highest BCUT2D eigenvalue weighted by Crippen LogP contribution is 2.27. The number of nitriles is 1. The van der Waals surface area contributed by atoms with Gasteiger partial charge < -0.3 is 9.64 Å². The number of aromatic nitrogens is 3. The topological polar surface area (TPSA) is 74.9 Å². The fraction of sp³-hybridized carbons (Fsp3) is 0.333. The van der Waals surface area contributed by atoms with Crippen LogP contribution in [0.15, 0.2) is 18.2 Å². The van der Waals surface area contributed by atoms with Crippen LogP contribution in [-0.4, -0.2) is 29.0 Å². The molecule has 0 spiro atoms. The van der Waals surface area contributed by atoms with E-state index in [9.17, 15) is 0 Å². The molecule has 0 fully saturated rings. The molecule has 1 aromatic heterocycles. The number of benzene rings is 1. The van der Waals surface area contributed by atoms with Gasteiger partial charge in [-0.25, -0.2) is 0 Å². The summed E-state index contributed by atoms with van der Waals surface area (Å²) in [6.07, 6.45) is 0. The van der Waals surface area contributed by atoms with Gasteiger partial charge in [-0.05, 0) is 12.1 Å². The van der Waals surface area contributed by atoms with Gasteiger partial charge in [-0.1, -0.05) is 25.4 Å². The molecule has 0 aliphatic rings. The summed E-state index contributed by atoms with van der Waals surface area (Å²) in [4.78, 5) is 14.7. The number of halogens is 1. The Balaban J connectivity index is 2.45. The number of hydrogen-bond acceptors (Lipinski definition) is 6. The molecule has 0 bridgehead atoms. The van der Waals surface area contributed by atoms with E-state index in [1.807, 2.05) is 27.9 Å². The Morgan fingerprint density at radius 2 is 1.95 bits per heavy atom. The van der Waals surface area contributed by atoms with Crippen LogP contribution in [0, 0.1) is 11.3 Å². The fourth-order valence-electron chi connectivity index (χ4n) is 1.64. The quantitative estimate of drug-likeness (QED) is 0.860. The standard InChI is InChI=1S/C15H16ClN5O/c1-9(2)13-18-14(21(3)4)20-15(19-13)22-12-7-11(16)6-5-10(12)8-17/h5-7,9H,1-4H3. The molecule has 22 heavy (non-hydrogen) atoms. The Labute approximate surface area is 134 Å². The second-order valence-electron chi connectivity index (χ2n) is 5.18. The summed E-state index contributed by atoms with van der Waals surface area (Å²) in [6, 6.07) is 6.98. The van der Waals surface area contributed by atoms with Crippen LogP contribution in [0.25, 0.3) is 0 Å². The molecular formula is C15H16ClN5O. The third-order valence-electron chi connectivity index (χ3n) is 2.80. The molecule has 6 nitrogen and oxygen atoms in total. The molecule has 0 saturated carbocycles. The van der Waals surface area contributed by atoms with E-state index in [0.717, 1.165) is 0 Å². The zero-order chi connectivity index (χ0) is 16.3. The predicted molar refractivity (Wildman–Crippen MR) is 84.5 cm³/mol. The number of nitrogens with zero attached hydrogens (tertiary/aromatic N) is 5. The Bertz CT molecular complexity index is 698. The van der Waals surface area contributed by atoms with Crippen molar-refractivity contribution in [1.82, 2.24) is 15.0 Å². The van der Waals surface area contributed by atoms with Crippen molar-refractivity contribution >= 4 is 17.5 Å². The summed E-state index contributed by atoms with van der Waals surface area (Å²) in [7, 11) is 3.67. The van der Waals surface area contributed by atoms with Crippen LogP contribution in [0.1, 0.15) is 31.2 Å². The molecule has 0 N–H and O–H groups in total. The van der Waals surface area contributed by atoms with Crippen molar-refractivity contribution in [1.29, 1.82) is 5.26 Å². The molecule has 1 heterocycles. The normalized spacial score (nSPS) is 10.4. The number of anilines is 1. The monoisotopic (exact) mass is 317 g/mol. The van der Waals surface area contributed by atoms with E-state index in [2.05, 4.69) is 21.0 Å². The van der Waals surface area contributed by atoms with Crippen molar-refractivity contribution in [2.75, 3.05) is 19.0 Å². The van der Waals surface area contributed by atoms with Gasteiger partial charge in [-0.15, -0.1) is 0 Å². The maximum Gasteiger partial charge on any atom is 0.327 e. The summed E-state index contributed by atoms with van der Waals surface area (Å²) in [5, 5.41) is 9.61. The zero-order valence-corrected chi connectivity index (χ0v) is 13.6. The summed E-state index contributed by atoms with van der Waals surface area (Å²) in [5.74, 6) is 1.56. The Morgan fingerprint density at radius 3 is 2.55 bits per heavy atom. The van der Waals surface area contributed by atoms with Crippen LogP contribution in [0.3, 0.4) is 0 Å². The van der Waals surface area contributed by atoms with Gasteiger partial charge in [-0.2, -0.15) is 20.2 Å². The maximum absolute atomic E-state index is 9.14. The van der Waals surface area contributed by atoms with E-state index >= 15 is 0 Å². The Hall–Kier alpha value is -2.39. The molecule has 2 aromatic rings. The van der Waals surface area contributed by atoms with Crippen LogP contribution >= 0.6 is 11.6 Å². The van der Waals surface area contributed by atoms with E-state index in [1.54, 1.807) is 23.1 Å². The van der Waals surface area contributed by atoms with Crippen LogP contribution in [0.2, 0.25) is 5.02 Å². The molecule has 1 aromatic carbocycles. The SMILES string of the molecule is CC(C)c1nc(Oc2cc(Cl)ccc2C#N)nc(N(C)C)n1. The van der Waals surface area contributed by atoms with Crippen molar-refractivity contribution in [2.24, 2.45) is 0 Å². The molecule has 0 saturated heterocycles. The van der Waals surface area contributed by atoms with Gasteiger partial charge in [0.15, 0.2) is 0 Å². The van der Waals surface area contributed by atoms with Crippen molar-refractivity contribution in [3.63, 3.8) is 0 Å². The molecule has 7 heteroatoms. The van der Waals surface area contributed by atoms with Gasteiger partial charge in [0, 0.05) is 31.1 Å². The second-order valence-corrected chi connectivity index (χ2v) is 5.62. The lowest BCUT2D eigenvalue weighted by Crippen LogP contribution is -2.15. The van der Waals surface area contributed by atoms with Gasteiger partial charge in [0.25, 0.3) is 0 Å². The summed E-state index contributed by atoms with van der Waals surface area (Å²) in [6.45, 7) is 3.97. The van der Waals surface area contributed by atoms with Crippen LogP contribution in [-0.2, 0) is 0 Å². The highest BCUT2D eigenvalue weighted by molar-refractivity contribution is 6.30. The minimum Gasteiger partial charge on any atom is -0.423 e. The average Bonchev–Trinajstić information content (AvgIpc) is 2.47. The molecule has 2 rings (SSSR count). The minimum absolute atomic E-state index is 0.124. The molecule has 0 atom stereocenters. The highest BCUT2D eigenvalue weighted by atomic mass is 35.5. The van der Waals surface area contributed by atoms with E-state index < -0.39 is 0 Å². The van der Waals surface area contributed by atoms with Gasteiger partial charge in [0.2, 0.25) is 5.95 Å². The highest BCUT2D eigenvalue weighted by Gasteiger charge is 2.14. The van der Waals surface area contributed by atoms with E-state index in [-0.39, 0.29) is 11.9 Å². The van der Waals surface area contributed by atoms with Gasteiger partial charge in [-0.3, -0.25) is 0 Å². The first-order valence-electron chi connectivity index (χ1n) is 6.71. The largest absolute Gasteiger partial charge is 0.423 e. The molecule has 0 radical (unpaired) electrons. The van der Waals surface area contributed by atoms with Crippen LogP contribution in [0.5, 0.6) is 11.8 Å². The number of ether oxygens (including phenoxy) is 1. The predicted octanol–water partition coefficient (Wildman–Crippen LogP) is 3.38. The lowest BCUT2D eigenvalue weighted by Gasteiger charge is -2.14. The molecule has 0 amide bonds. The summed E-state index contributed by atoms with van der Waals surface area (Å²) >= 11 is 5.95. The van der Waals surface area contributed by atoms with Crippen molar-refractivity contribution in [2.45, 2.75) is 19.8 Å². The van der Waals surface area contributed by atoms with Gasteiger partial charge in [0.1, 0.15) is 17.6 Å². The van der Waals surface area contributed by atoms with E-state index in [4.69, 9.17) is 21.6 Å². The van der Waals surface area contributed by atoms with E-state index in [0.29, 0.717) is 28.1 Å². The maximum atomic E-state index is 9.14. The van der Waals surface area contributed by atoms with Gasteiger partial charge in [0.05, 0.1) is 5.56 Å². The van der Waals surface area contributed by atoms with Crippen molar-refractivity contribution < 1.29 is 4.74 Å². The molecule has 0 aliphatic carbocycles. The first-order chi connectivity index (χ1) is 10.4. The number of rotatable bonds is 4. The third-order valence-corrected chi connectivity index (χ3v) is 3.04. The number of hydrogen-bond donors (Lipinski definition) is 0. The lowest BCUT2D eigenvalue weighted by atomic mass is 10.2. The average molecular weight is 318 g/mol. The Kier molecular flexibility index (Phi) is 4.78. The lowest BCUT2D eigenvalue weighted by molar-refractivity contribution is 0.433. The van der Waals surface area contributed by atoms with E-state index in [1.165, 1.54) is 0 Å². The fourth-order valence-corrected chi connectivity index (χ4v) is 1.80. The van der Waals surface area contributed by atoms with Crippen LogP contribution in [0.4, 0.5) is 5.95 Å². The molecule has 114 valence electrons. The minimum atomic E-state index is 0.124. The van der Waals surface area contributed by atoms with Gasteiger partial charge >= 0.3 is 6.01 Å². The van der Waals surface area contributed by atoms with Crippen LogP contribution < -0.4 is 9.64 Å². The summed E-state index contributed by atoms with van der Waals surface area (Å²) < 4.78 is 5.67. The molecule has 0 aliphatic heterocycles. The molecular weight excluding hydrogens is 302 g/mol. The zero-order valence-electron chi connectivity index (χ0n) is 12.8. The smallest absolute Gasteiger partial charge is 0.327 e.